The smallest absolute Gasteiger partial charge is 0.187 e. The lowest BCUT2D eigenvalue weighted by Gasteiger charge is -2.57. The van der Waals surface area contributed by atoms with Crippen molar-refractivity contribution in [1.82, 2.24) is 0 Å². The van der Waals surface area contributed by atoms with Gasteiger partial charge in [-0.25, -0.2) is 0 Å². The number of rotatable bonds is 6. The van der Waals surface area contributed by atoms with Crippen molar-refractivity contribution in [3.05, 3.63) is 24.3 Å². The van der Waals surface area contributed by atoms with Gasteiger partial charge < -0.3 is 24.8 Å². The van der Waals surface area contributed by atoms with E-state index in [1.807, 2.05) is 6.92 Å². The highest BCUT2D eigenvalue weighted by Crippen LogP contribution is 2.60. The van der Waals surface area contributed by atoms with E-state index >= 15 is 0 Å². The molecule has 2 aliphatic carbocycles. The maximum Gasteiger partial charge on any atom is 0.187 e. The minimum Gasteiger partial charge on any atom is -0.388 e. The predicted molar refractivity (Wildman–Crippen MR) is 122 cm³/mol. The first kappa shape index (κ1) is 24.9. The van der Waals surface area contributed by atoms with Crippen LogP contribution in [0.25, 0.3) is 0 Å². The van der Waals surface area contributed by atoms with Gasteiger partial charge in [-0.15, -0.1) is 6.58 Å². The average Bonchev–Trinajstić information content (AvgIpc) is 2.69. The molecule has 0 aromatic carbocycles. The SMILES string of the molecule is C=C[C@@](C)(CC[C@H]1C(C)=CC[C@H]2C(C)(C)CCC[C@]12C)O[C@@H]1O[C@@H](C)[C@@H](O)[C@H](O)[C@H]1O. The molecule has 0 radical (unpaired) electrons. The summed E-state index contributed by atoms with van der Waals surface area (Å²) in [5, 5.41) is 30.5. The Morgan fingerprint density at radius 2 is 1.87 bits per heavy atom. The highest BCUT2D eigenvalue weighted by Gasteiger charge is 2.52. The van der Waals surface area contributed by atoms with Crippen LogP contribution in [0.3, 0.4) is 0 Å². The van der Waals surface area contributed by atoms with E-state index in [4.69, 9.17) is 9.47 Å². The van der Waals surface area contributed by atoms with Crippen LogP contribution in [0.1, 0.15) is 80.1 Å². The van der Waals surface area contributed by atoms with Crippen molar-refractivity contribution in [3.63, 3.8) is 0 Å². The Balaban J connectivity index is 1.74. The summed E-state index contributed by atoms with van der Waals surface area (Å²) in [7, 11) is 0. The third-order valence-corrected chi connectivity index (χ3v) is 8.85. The van der Waals surface area contributed by atoms with Crippen LogP contribution in [0.2, 0.25) is 0 Å². The molecule has 0 unspecified atom stereocenters. The number of ether oxygens (including phenoxy) is 2. The number of hydrogen-bond donors (Lipinski definition) is 3. The lowest BCUT2D eigenvalue weighted by atomic mass is 9.48. The summed E-state index contributed by atoms with van der Waals surface area (Å²) in [6, 6.07) is 0. The number of aliphatic hydroxyl groups is 3. The fourth-order valence-electron chi connectivity index (χ4n) is 6.71. The van der Waals surface area contributed by atoms with Gasteiger partial charge in [-0.3, -0.25) is 0 Å². The van der Waals surface area contributed by atoms with Crippen LogP contribution in [0, 0.1) is 22.7 Å². The van der Waals surface area contributed by atoms with Gasteiger partial charge in [-0.1, -0.05) is 44.9 Å². The molecule has 31 heavy (non-hydrogen) atoms. The van der Waals surface area contributed by atoms with Crippen molar-refractivity contribution in [2.75, 3.05) is 0 Å². The van der Waals surface area contributed by atoms with Gasteiger partial charge in [0.15, 0.2) is 6.29 Å². The molecule has 178 valence electrons. The van der Waals surface area contributed by atoms with Crippen molar-refractivity contribution in [3.8, 4) is 0 Å². The van der Waals surface area contributed by atoms with E-state index in [1.165, 1.54) is 31.3 Å². The number of allylic oxidation sites excluding steroid dienone is 2. The van der Waals surface area contributed by atoms with Crippen molar-refractivity contribution in [1.29, 1.82) is 0 Å². The lowest BCUT2D eigenvalue weighted by molar-refractivity contribution is -0.313. The molecule has 5 nitrogen and oxygen atoms in total. The first-order valence-electron chi connectivity index (χ1n) is 12.0. The molecule has 1 saturated carbocycles. The number of fused-ring (bicyclic) bond motifs is 1. The minimum atomic E-state index is -1.30. The van der Waals surface area contributed by atoms with Gasteiger partial charge in [0.05, 0.1) is 11.7 Å². The Morgan fingerprint density at radius 3 is 2.52 bits per heavy atom. The molecule has 0 spiro atoms. The molecule has 1 aliphatic heterocycles. The van der Waals surface area contributed by atoms with E-state index in [0.717, 1.165) is 12.8 Å². The van der Waals surface area contributed by atoms with E-state index in [9.17, 15) is 15.3 Å². The largest absolute Gasteiger partial charge is 0.388 e. The Kier molecular flexibility index (Phi) is 7.16. The Labute approximate surface area is 188 Å². The highest BCUT2D eigenvalue weighted by molar-refractivity contribution is 5.18. The van der Waals surface area contributed by atoms with E-state index in [1.54, 1.807) is 13.0 Å². The van der Waals surface area contributed by atoms with Gasteiger partial charge in [-0.05, 0) is 75.5 Å². The van der Waals surface area contributed by atoms with Crippen LogP contribution in [0.15, 0.2) is 24.3 Å². The molecular weight excluding hydrogens is 392 g/mol. The fraction of sp³-hybridized carbons (Fsp3) is 0.846. The molecule has 9 atom stereocenters. The molecule has 0 amide bonds. The standard InChI is InChI=1S/C26H44O5/c1-8-25(6,31-23-22(29)21(28)20(27)17(3)30-23)15-12-18-16(2)10-11-19-24(4,5)13-9-14-26(18,19)7/h8,10,17-23,27-29H,1,9,11-15H2,2-7H3/t17-,18-,19-,20+,21-,22+,23-,25-,26+/m0/s1. The summed E-state index contributed by atoms with van der Waals surface area (Å²) in [4.78, 5) is 0. The highest BCUT2D eigenvalue weighted by atomic mass is 16.7. The van der Waals surface area contributed by atoms with Crippen LogP contribution >= 0.6 is 0 Å². The maximum atomic E-state index is 10.4. The third-order valence-electron chi connectivity index (χ3n) is 8.85. The second kappa shape index (κ2) is 8.90. The molecule has 3 rings (SSSR count). The van der Waals surface area contributed by atoms with Gasteiger partial charge in [-0.2, -0.15) is 0 Å². The van der Waals surface area contributed by atoms with Gasteiger partial charge in [0, 0.05) is 0 Å². The fourth-order valence-corrected chi connectivity index (χ4v) is 6.71. The summed E-state index contributed by atoms with van der Waals surface area (Å²) >= 11 is 0. The zero-order chi connectivity index (χ0) is 23.2. The number of hydrogen-bond acceptors (Lipinski definition) is 5. The molecular formula is C26H44O5. The summed E-state index contributed by atoms with van der Waals surface area (Å²) < 4.78 is 11.9. The lowest BCUT2D eigenvalue weighted by Crippen LogP contribution is -2.58. The van der Waals surface area contributed by atoms with Crippen molar-refractivity contribution in [2.45, 2.75) is 116 Å². The maximum absolute atomic E-state index is 10.4. The van der Waals surface area contributed by atoms with Crippen molar-refractivity contribution >= 4 is 0 Å². The first-order chi connectivity index (χ1) is 14.3. The second-order valence-corrected chi connectivity index (χ2v) is 11.5. The monoisotopic (exact) mass is 436 g/mol. The molecule has 1 heterocycles. The zero-order valence-electron chi connectivity index (χ0n) is 20.3. The molecule has 0 aromatic rings. The summed E-state index contributed by atoms with van der Waals surface area (Å²) in [5.41, 5.74) is 1.40. The molecule has 1 saturated heterocycles. The summed E-state index contributed by atoms with van der Waals surface area (Å²) in [6.07, 6.45) is 5.58. The molecule has 0 bridgehead atoms. The van der Waals surface area contributed by atoms with Gasteiger partial charge in [0.1, 0.15) is 18.3 Å². The second-order valence-electron chi connectivity index (χ2n) is 11.5. The van der Waals surface area contributed by atoms with E-state index < -0.39 is 36.3 Å². The predicted octanol–water partition coefficient (Wildman–Crippen LogP) is 4.35. The van der Waals surface area contributed by atoms with Crippen LogP contribution in [0.4, 0.5) is 0 Å². The first-order valence-corrected chi connectivity index (χ1v) is 12.0. The number of aliphatic hydroxyl groups excluding tert-OH is 3. The van der Waals surface area contributed by atoms with Crippen LogP contribution < -0.4 is 0 Å². The van der Waals surface area contributed by atoms with E-state index in [0.29, 0.717) is 17.3 Å². The summed E-state index contributed by atoms with van der Waals surface area (Å²) in [5.74, 6) is 1.16. The van der Waals surface area contributed by atoms with Gasteiger partial charge in [0.2, 0.25) is 0 Å². The van der Waals surface area contributed by atoms with E-state index in [-0.39, 0.29) is 5.41 Å². The van der Waals surface area contributed by atoms with E-state index in [2.05, 4.69) is 40.3 Å². The molecule has 5 heteroatoms. The van der Waals surface area contributed by atoms with Crippen molar-refractivity contribution < 1.29 is 24.8 Å². The molecule has 3 N–H and O–H groups in total. The molecule has 2 fully saturated rings. The topological polar surface area (TPSA) is 79.2 Å². The third kappa shape index (κ3) is 4.67. The molecule has 3 aliphatic rings. The quantitative estimate of drug-likeness (QED) is 0.539. The Morgan fingerprint density at radius 1 is 1.19 bits per heavy atom. The van der Waals surface area contributed by atoms with Crippen molar-refractivity contribution in [2.24, 2.45) is 22.7 Å². The molecule has 0 aromatic heterocycles. The summed E-state index contributed by atoms with van der Waals surface area (Å²) in [6.45, 7) is 17.2. The zero-order valence-corrected chi connectivity index (χ0v) is 20.3. The van der Waals surface area contributed by atoms with Crippen LogP contribution in [0.5, 0.6) is 0 Å². The normalized spacial score (nSPS) is 44.7. The average molecular weight is 437 g/mol. The minimum absolute atomic E-state index is 0.276. The Bertz CT molecular complexity index is 687. The van der Waals surface area contributed by atoms with Crippen LogP contribution in [-0.4, -0.2) is 51.6 Å². The van der Waals surface area contributed by atoms with Crippen LogP contribution in [-0.2, 0) is 9.47 Å². The van der Waals surface area contributed by atoms with Gasteiger partial charge >= 0.3 is 0 Å². The van der Waals surface area contributed by atoms with Gasteiger partial charge in [0.25, 0.3) is 0 Å². The Hall–Kier alpha value is -0.720.